The van der Waals surface area contributed by atoms with Crippen LogP contribution in [0.4, 0.5) is 4.39 Å². The third-order valence-corrected chi connectivity index (χ3v) is 2.86. The molecular weight excluding hydrogens is 245 g/mol. The van der Waals surface area contributed by atoms with E-state index in [4.69, 9.17) is 4.74 Å². The summed E-state index contributed by atoms with van der Waals surface area (Å²) in [6, 6.07) is 0. The molecule has 2 heterocycles. The predicted molar refractivity (Wildman–Crippen MR) is 60.2 cm³/mol. The van der Waals surface area contributed by atoms with Crippen LogP contribution in [0.3, 0.4) is 0 Å². The summed E-state index contributed by atoms with van der Waals surface area (Å²) in [5.74, 6) is -2.26. The zero-order chi connectivity index (χ0) is 13.1. The van der Waals surface area contributed by atoms with Gasteiger partial charge in [0.2, 0.25) is 11.7 Å². The molecular formula is C10H14FN3O4. The molecule has 2 rings (SSSR count). The SMILES string of the molecule is O=c1[nH]c(=O)n(CCN2CCOCC2)c(O)c1F. The van der Waals surface area contributed by atoms with Crippen molar-refractivity contribution in [2.24, 2.45) is 0 Å². The molecule has 18 heavy (non-hydrogen) atoms. The van der Waals surface area contributed by atoms with E-state index < -0.39 is 22.9 Å². The van der Waals surface area contributed by atoms with E-state index in [0.717, 1.165) is 17.7 Å². The number of aromatic nitrogens is 2. The van der Waals surface area contributed by atoms with Crippen LogP contribution in [0, 0.1) is 5.82 Å². The van der Waals surface area contributed by atoms with Gasteiger partial charge in [0.25, 0.3) is 5.56 Å². The topological polar surface area (TPSA) is 87.6 Å². The van der Waals surface area contributed by atoms with Crippen LogP contribution in [0.1, 0.15) is 0 Å². The van der Waals surface area contributed by atoms with Crippen LogP contribution < -0.4 is 11.2 Å². The molecule has 8 heteroatoms. The summed E-state index contributed by atoms with van der Waals surface area (Å²) in [7, 11) is 0. The highest BCUT2D eigenvalue weighted by Gasteiger charge is 2.15. The molecule has 100 valence electrons. The van der Waals surface area contributed by atoms with E-state index in [2.05, 4.69) is 0 Å². The molecule has 0 atom stereocenters. The van der Waals surface area contributed by atoms with E-state index in [1.165, 1.54) is 0 Å². The van der Waals surface area contributed by atoms with E-state index in [1.807, 2.05) is 9.88 Å². The Labute approximate surface area is 101 Å². The van der Waals surface area contributed by atoms with Crippen LogP contribution in [0.2, 0.25) is 0 Å². The third kappa shape index (κ3) is 2.59. The molecule has 0 aliphatic carbocycles. The van der Waals surface area contributed by atoms with Crippen molar-refractivity contribution in [3.8, 4) is 5.88 Å². The van der Waals surface area contributed by atoms with Crippen LogP contribution in [-0.4, -0.2) is 52.4 Å². The van der Waals surface area contributed by atoms with Crippen molar-refractivity contribution in [1.29, 1.82) is 0 Å². The largest absolute Gasteiger partial charge is 0.492 e. The second-order valence-corrected chi connectivity index (χ2v) is 4.00. The minimum atomic E-state index is -1.34. The Kier molecular flexibility index (Phi) is 3.78. The van der Waals surface area contributed by atoms with E-state index in [1.54, 1.807) is 0 Å². The minimum Gasteiger partial charge on any atom is -0.492 e. The summed E-state index contributed by atoms with van der Waals surface area (Å²) in [6.07, 6.45) is 0. The highest BCUT2D eigenvalue weighted by atomic mass is 19.1. The van der Waals surface area contributed by atoms with Crippen LogP contribution in [0.25, 0.3) is 0 Å². The molecule has 0 bridgehead atoms. The van der Waals surface area contributed by atoms with Gasteiger partial charge in [-0.2, -0.15) is 4.39 Å². The lowest BCUT2D eigenvalue weighted by Gasteiger charge is -2.26. The fourth-order valence-corrected chi connectivity index (χ4v) is 1.81. The normalized spacial score (nSPS) is 16.9. The number of ether oxygens (including phenoxy) is 1. The second kappa shape index (κ2) is 5.32. The first-order valence-corrected chi connectivity index (χ1v) is 5.61. The van der Waals surface area contributed by atoms with Gasteiger partial charge in [-0.15, -0.1) is 0 Å². The Morgan fingerprint density at radius 3 is 2.61 bits per heavy atom. The molecule has 0 aromatic carbocycles. The number of aromatic hydroxyl groups is 1. The molecule has 1 aromatic heterocycles. The van der Waals surface area contributed by atoms with Crippen molar-refractivity contribution in [3.05, 3.63) is 26.7 Å². The molecule has 0 spiro atoms. The van der Waals surface area contributed by atoms with Crippen molar-refractivity contribution in [2.75, 3.05) is 32.8 Å². The Bertz CT molecular complexity index is 533. The van der Waals surface area contributed by atoms with Crippen molar-refractivity contribution >= 4 is 0 Å². The molecule has 0 unspecified atom stereocenters. The fraction of sp³-hybridized carbons (Fsp3) is 0.600. The number of H-pyrrole nitrogens is 1. The van der Waals surface area contributed by atoms with Gasteiger partial charge in [0, 0.05) is 26.2 Å². The van der Waals surface area contributed by atoms with Gasteiger partial charge in [0.15, 0.2) is 0 Å². The minimum absolute atomic E-state index is 0.109. The fourth-order valence-electron chi connectivity index (χ4n) is 1.81. The van der Waals surface area contributed by atoms with Crippen LogP contribution in [0.5, 0.6) is 5.88 Å². The highest BCUT2D eigenvalue weighted by Crippen LogP contribution is 2.07. The summed E-state index contributed by atoms with van der Waals surface area (Å²) >= 11 is 0. The third-order valence-electron chi connectivity index (χ3n) is 2.86. The second-order valence-electron chi connectivity index (χ2n) is 4.00. The van der Waals surface area contributed by atoms with Gasteiger partial charge in [-0.1, -0.05) is 0 Å². The monoisotopic (exact) mass is 259 g/mol. The van der Waals surface area contributed by atoms with Crippen LogP contribution >= 0.6 is 0 Å². The number of rotatable bonds is 3. The van der Waals surface area contributed by atoms with Gasteiger partial charge in [-0.25, -0.2) is 4.79 Å². The molecule has 1 aliphatic heterocycles. The van der Waals surface area contributed by atoms with E-state index >= 15 is 0 Å². The lowest BCUT2D eigenvalue weighted by molar-refractivity contribution is 0.0359. The number of aromatic amines is 1. The Hall–Kier alpha value is -1.67. The molecule has 7 nitrogen and oxygen atoms in total. The summed E-state index contributed by atoms with van der Waals surface area (Å²) in [5, 5.41) is 9.41. The number of hydrogen-bond acceptors (Lipinski definition) is 5. The molecule has 0 saturated carbocycles. The van der Waals surface area contributed by atoms with Crippen LogP contribution in [0.15, 0.2) is 9.59 Å². The standard InChI is InChI=1S/C10H14FN3O4/c11-7-8(15)12-10(17)14(9(7)16)2-1-13-3-5-18-6-4-13/h16H,1-6H2,(H,12,15,17). The number of hydrogen-bond donors (Lipinski definition) is 2. The lowest BCUT2D eigenvalue weighted by Crippen LogP contribution is -2.40. The molecule has 1 aliphatic rings. The van der Waals surface area contributed by atoms with Crippen molar-refractivity contribution in [2.45, 2.75) is 6.54 Å². The summed E-state index contributed by atoms with van der Waals surface area (Å²) in [4.78, 5) is 26.1. The molecule has 1 aromatic rings. The maximum atomic E-state index is 13.1. The van der Waals surface area contributed by atoms with Crippen molar-refractivity contribution in [1.82, 2.24) is 14.5 Å². The molecule has 1 saturated heterocycles. The maximum Gasteiger partial charge on any atom is 0.331 e. The molecule has 0 radical (unpaired) electrons. The number of nitrogens with zero attached hydrogens (tertiary/aromatic N) is 2. The average molecular weight is 259 g/mol. The molecule has 1 fully saturated rings. The van der Waals surface area contributed by atoms with Crippen LogP contribution in [-0.2, 0) is 11.3 Å². The van der Waals surface area contributed by atoms with E-state index in [0.29, 0.717) is 19.8 Å². The number of nitrogens with one attached hydrogen (secondary N) is 1. The quantitative estimate of drug-likeness (QED) is 0.705. The molecule has 0 amide bonds. The summed E-state index contributed by atoms with van der Waals surface area (Å²) < 4.78 is 19.1. The average Bonchev–Trinajstić information content (AvgIpc) is 2.37. The highest BCUT2D eigenvalue weighted by molar-refractivity contribution is 5.09. The van der Waals surface area contributed by atoms with Gasteiger partial charge >= 0.3 is 5.69 Å². The van der Waals surface area contributed by atoms with Gasteiger partial charge in [0.05, 0.1) is 13.2 Å². The lowest BCUT2D eigenvalue weighted by atomic mass is 10.4. The van der Waals surface area contributed by atoms with E-state index in [-0.39, 0.29) is 6.54 Å². The smallest absolute Gasteiger partial charge is 0.331 e. The first kappa shape index (κ1) is 12.8. The Morgan fingerprint density at radius 1 is 1.28 bits per heavy atom. The number of morpholine rings is 1. The van der Waals surface area contributed by atoms with Crippen molar-refractivity contribution < 1.29 is 14.2 Å². The first-order chi connectivity index (χ1) is 8.59. The van der Waals surface area contributed by atoms with Gasteiger partial charge in [-0.05, 0) is 0 Å². The van der Waals surface area contributed by atoms with Crippen molar-refractivity contribution in [3.63, 3.8) is 0 Å². The van der Waals surface area contributed by atoms with Gasteiger partial charge in [0.1, 0.15) is 0 Å². The number of halogens is 1. The van der Waals surface area contributed by atoms with Gasteiger partial charge < -0.3 is 9.84 Å². The van der Waals surface area contributed by atoms with E-state index in [9.17, 15) is 19.1 Å². The summed E-state index contributed by atoms with van der Waals surface area (Å²) in [5.41, 5.74) is -2.02. The Morgan fingerprint density at radius 2 is 1.94 bits per heavy atom. The van der Waals surface area contributed by atoms with Gasteiger partial charge in [-0.3, -0.25) is 19.2 Å². The zero-order valence-corrected chi connectivity index (χ0v) is 9.69. The predicted octanol–water partition coefficient (Wildman–Crippen LogP) is -1.29. The zero-order valence-electron chi connectivity index (χ0n) is 9.69. The first-order valence-electron chi connectivity index (χ1n) is 5.61. The molecule has 2 N–H and O–H groups in total. The maximum absolute atomic E-state index is 13.1. The summed E-state index contributed by atoms with van der Waals surface area (Å²) in [6.45, 7) is 3.26. The Balaban J connectivity index is 2.11.